The minimum absolute atomic E-state index is 0.114. The Labute approximate surface area is 92.1 Å². The molecule has 4 heteroatoms. The molecule has 0 spiro atoms. The van der Waals surface area contributed by atoms with Crippen LogP contribution in [0.1, 0.15) is 13.3 Å². The number of likely N-dealkylation sites (N-methyl/N-ethyl adjacent to an activating group) is 1. The first-order chi connectivity index (χ1) is 6.65. The Balaban J connectivity index is 3.74. The summed E-state index contributed by atoms with van der Waals surface area (Å²) in [5.74, 6) is 1.20. The first kappa shape index (κ1) is 14.2. The first-order valence-electron chi connectivity index (χ1n) is 4.90. The summed E-state index contributed by atoms with van der Waals surface area (Å²) in [6, 6.07) is 0.579. The lowest BCUT2D eigenvalue weighted by atomic mass is 10.2. The molecule has 1 unspecified atom stereocenters. The first-order valence-corrected chi connectivity index (χ1v) is 6.29. The van der Waals surface area contributed by atoms with Gasteiger partial charge in [0.1, 0.15) is 0 Å². The second kappa shape index (κ2) is 8.53. The molecule has 0 bridgehead atoms. The molecule has 0 radical (unpaired) electrons. The largest absolute Gasteiger partial charge is 0.355 e. The van der Waals surface area contributed by atoms with E-state index < -0.39 is 0 Å². The molecule has 0 aliphatic rings. The smallest absolute Gasteiger partial charge is 0.169 e. The fourth-order valence-corrected chi connectivity index (χ4v) is 1.75. The molecular weight excluding hydrogens is 198 g/mol. The van der Waals surface area contributed by atoms with Crippen LogP contribution in [0.3, 0.4) is 0 Å². The van der Waals surface area contributed by atoms with Crippen molar-refractivity contribution in [1.29, 1.82) is 0 Å². The summed E-state index contributed by atoms with van der Waals surface area (Å²) in [5, 5.41) is 0. The Bertz CT molecular complexity index is 131. The van der Waals surface area contributed by atoms with E-state index in [0.29, 0.717) is 6.04 Å². The van der Waals surface area contributed by atoms with Gasteiger partial charge in [0.05, 0.1) is 0 Å². The predicted octanol–water partition coefficient (Wildman–Crippen LogP) is 1.68. The van der Waals surface area contributed by atoms with Gasteiger partial charge in [0.25, 0.3) is 0 Å². The number of nitrogens with zero attached hydrogens (tertiary/aromatic N) is 1. The van der Waals surface area contributed by atoms with Crippen molar-refractivity contribution >= 4 is 11.8 Å². The minimum Gasteiger partial charge on any atom is -0.355 e. The van der Waals surface area contributed by atoms with Crippen molar-refractivity contribution in [1.82, 2.24) is 4.90 Å². The fourth-order valence-electron chi connectivity index (χ4n) is 1.17. The topological polar surface area (TPSA) is 21.7 Å². The number of ether oxygens (including phenoxy) is 2. The molecule has 0 N–H and O–H groups in total. The lowest BCUT2D eigenvalue weighted by Crippen LogP contribution is -2.37. The molecule has 0 aliphatic heterocycles. The maximum atomic E-state index is 5.16. The summed E-state index contributed by atoms with van der Waals surface area (Å²) < 4.78 is 10.3. The van der Waals surface area contributed by atoms with Crippen LogP contribution in [0.4, 0.5) is 0 Å². The Hall–Kier alpha value is 0.230. The van der Waals surface area contributed by atoms with Crippen molar-refractivity contribution < 1.29 is 9.47 Å². The van der Waals surface area contributed by atoms with Crippen molar-refractivity contribution in [2.24, 2.45) is 0 Å². The molecule has 0 aromatic rings. The van der Waals surface area contributed by atoms with E-state index in [9.17, 15) is 0 Å². The van der Waals surface area contributed by atoms with Gasteiger partial charge in [0.15, 0.2) is 6.29 Å². The van der Waals surface area contributed by atoms with Crippen LogP contribution in [0.15, 0.2) is 0 Å². The van der Waals surface area contributed by atoms with Crippen LogP contribution in [0, 0.1) is 0 Å². The molecule has 1 atom stereocenters. The number of rotatable bonds is 8. The fraction of sp³-hybridized carbons (Fsp3) is 1.00. The second-order valence-corrected chi connectivity index (χ2v) is 4.46. The van der Waals surface area contributed by atoms with Gasteiger partial charge in [-0.05, 0) is 32.4 Å². The van der Waals surface area contributed by atoms with Crippen molar-refractivity contribution in [2.75, 3.05) is 39.8 Å². The highest BCUT2D eigenvalue weighted by atomic mass is 32.2. The van der Waals surface area contributed by atoms with Gasteiger partial charge in [0, 0.05) is 26.8 Å². The highest BCUT2D eigenvalue weighted by molar-refractivity contribution is 7.98. The number of hydrogen-bond donors (Lipinski definition) is 0. The monoisotopic (exact) mass is 221 g/mol. The van der Waals surface area contributed by atoms with Crippen LogP contribution >= 0.6 is 11.8 Å². The van der Waals surface area contributed by atoms with E-state index in [1.54, 1.807) is 14.2 Å². The Morgan fingerprint density at radius 1 is 1.29 bits per heavy atom. The molecule has 0 fully saturated rings. The molecule has 0 aliphatic carbocycles. The molecular formula is C10H23NO2S. The van der Waals surface area contributed by atoms with E-state index in [1.165, 1.54) is 12.2 Å². The predicted molar refractivity (Wildman–Crippen MR) is 62.9 cm³/mol. The summed E-state index contributed by atoms with van der Waals surface area (Å²) in [7, 11) is 5.46. The Morgan fingerprint density at radius 3 is 2.29 bits per heavy atom. The van der Waals surface area contributed by atoms with Gasteiger partial charge in [-0.1, -0.05) is 0 Å². The highest BCUT2D eigenvalue weighted by Gasteiger charge is 2.14. The Morgan fingerprint density at radius 2 is 1.86 bits per heavy atom. The molecule has 86 valence electrons. The van der Waals surface area contributed by atoms with Gasteiger partial charge < -0.3 is 9.47 Å². The minimum atomic E-state index is -0.114. The number of hydrogen-bond acceptors (Lipinski definition) is 4. The zero-order valence-electron chi connectivity index (χ0n) is 9.95. The van der Waals surface area contributed by atoms with E-state index in [0.717, 1.165) is 6.54 Å². The molecule has 14 heavy (non-hydrogen) atoms. The molecule has 0 rings (SSSR count). The molecule has 0 saturated heterocycles. The van der Waals surface area contributed by atoms with Crippen molar-refractivity contribution in [2.45, 2.75) is 25.7 Å². The third-order valence-electron chi connectivity index (χ3n) is 2.46. The Kier molecular flexibility index (Phi) is 8.67. The normalized spacial score (nSPS) is 13.9. The zero-order chi connectivity index (χ0) is 11.0. The van der Waals surface area contributed by atoms with E-state index >= 15 is 0 Å². The van der Waals surface area contributed by atoms with Crippen molar-refractivity contribution in [3.63, 3.8) is 0 Å². The average molecular weight is 221 g/mol. The molecule has 0 aromatic carbocycles. The molecule has 0 heterocycles. The van der Waals surface area contributed by atoms with Crippen LogP contribution < -0.4 is 0 Å². The second-order valence-electron chi connectivity index (χ2n) is 3.47. The molecule has 3 nitrogen and oxygen atoms in total. The zero-order valence-corrected chi connectivity index (χ0v) is 10.8. The maximum Gasteiger partial charge on any atom is 0.169 e. The lowest BCUT2D eigenvalue weighted by Gasteiger charge is -2.27. The number of thioether (sulfide) groups is 1. The average Bonchev–Trinajstić information content (AvgIpc) is 2.21. The standard InChI is InChI=1S/C10H23NO2S/c1-9(6-7-14-5)11(2)8-10(12-3)13-4/h9-10H,6-8H2,1-5H3. The van der Waals surface area contributed by atoms with E-state index in [-0.39, 0.29) is 6.29 Å². The van der Waals surface area contributed by atoms with Gasteiger partial charge in [-0.25, -0.2) is 0 Å². The van der Waals surface area contributed by atoms with Crippen molar-refractivity contribution in [3.8, 4) is 0 Å². The maximum absolute atomic E-state index is 5.16. The van der Waals surface area contributed by atoms with E-state index in [2.05, 4.69) is 25.1 Å². The molecule has 0 aromatic heterocycles. The van der Waals surface area contributed by atoms with E-state index in [4.69, 9.17) is 9.47 Å². The van der Waals surface area contributed by atoms with Gasteiger partial charge in [-0.3, -0.25) is 4.90 Å². The van der Waals surface area contributed by atoms with Crippen LogP contribution in [-0.4, -0.2) is 57.1 Å². The van der Waals surface area contributed by atoms with Crippen molar-refractivity contribution in [3.05, 3.63) is 0 Å². The number of methoxy groups -OCH3 is 2. The van der Waals surface area contributed by atoms with Crippen LogP contribution in [0.2, 0.25) is 0 Å². The third-order valence-corrected chi connectivity index (χ3v) is 3.10. The van der Waals surface area contributed by atoms with Gasteiger partial charge in [-0.15, -0.1) is 0 Å². The summed E-state index contributed by atoms with van der Waals surface area (Å²) >= 11 is 1.89. The molecule has 0 amide bonds. The summed E-state index contributed by atoms with van der Waals surface area (Å²) in [6.45, 7) is 3.06. The third kappa shape index (κ3) is 5.86. The van der Waals surface area contributed by atoms with E-state index in [1.807, 2.05) is 11.8 Å². The van der Waals surface area contributed by atoms with Crippen LogP contribution in [0.5, 0.6) is 0 Å². The molecule has 0 saturated carbocycles. The van der Waals surface area contributed by atoms with Gasteiger partial charge >= 0.3 is 0 Å². The SMILES string of the molecule is COC(CN(C)C(C)CCSC)OC. The summed E-state index contributed by atoms with van der Waals surface area (Å²) in [5.41, 5.74) is 0. The quantitative estimate of drug-likeness (QED) is 0.581. The highest BCUT2D eigenvalue weighted by Crippen LogP contribution is 2.07. The van der Waals surface area contributed by atoms with Gasteiger partial charge in [-0.2, -0.15) is 11.8 Å². The summed E-state index contributed by atoms with van der Waals surface area (Å²) in [4.78, 5) is 2.27. The van der Waals surface area contributed by atoms with Crippen LogP contribution in [0.25, 0.3) is 0 Å². The summed E-state index contributed by atoms with van der Waals surface area (Å²) in [6.07, 6.45) is 3.23. The lowest BCUT2D eigenvalue weighted by molar-refractivity contribution is -0.117. The van der Waals surface area contributed by atoms with Crippen LogP contribution in [-0.2, 0) is 9.47 Å². The van der Waals surface area contributed by atoms with Gasteiger partial charge in [0.2, 0.25) is 0 Å².